The minimum absolute atomic E-state index is 0.154. The lowest BCUT2D eigenvalue weighted by Gasteiger charge is -2.19. The molecule has 0 unspecified atom stereocenters. The number of rotatable bonds is 5. The van der Waals surface area contributed by atoms with Crippen LogP contribution in [0.1, 0.15) is 23.7 Å². The average Bonchev–Trinajstić information content (AvgIpc) is 3.15. The number of anilines is 3. The van der Waals surface area contributed by atoms with Crippen LogP contribution in [0, 0.1) is 25.2 Å². The summed E-state index contributed by atoms with van der Waals surface area (Å²) in [7, 11) is 0. The summed E-state index contributed by atoms with van der Waals surface area (Å²) in [6.45, 7) is 5.42. The summed E-state index contributed by atoms with van der Waals surface area (Å²) in [4.78, 5) is 30.8. The Labute approximate surface area is 199 Å². The maximum atomic E-state index is 12.5. The lowest BCUT2D eigenvalue weighted by Crippen LogP contribution is -2.22. The number of carbonyl (C=O) groups is 2. The van der Waals surface area contributed by atoms with E-state index in [0.717, 1.165) is 11.1 Å². The van der Waals surface area contributed by atoms with Gasteiger partial charge < -0.3 is 5.32 Å². The van der Waals surface area contributed by atoms with Gasteiger partial charge in [-0.2, -0.15) is 5.26 Å². The van der Waals surface area contributed by atoms with Gasteiger partial charge in [0, 0.05) is 28.0 Å². The second-order valence-corrected chi connectivity index (χ2v) is 8.67. The zero-order valence-electron chi connectivity index (χ0n) is 17.4. The highest BCUT2D eigenvalue weighted by Crippen LogP contribution is 2.31. The fourth-order valence-corrected chi connectivity index (χ4v) is 4.23. The van der Waals surface area contributed by atoms with Crippen LogP contribution >= 0.6 is 34.5 Å². The average molecular weight is 485 g/mol. The third-order valence-corrected chi connectivity index (χ3v) is 5.82. The highest BCUT2D eigenvalue weighted by atomic mass is 35.5. The lowest BCUT2D eigenvalue weighted by atomic mass is 10.1. The molecule has 162 valence electrons. The van der Waals surface area contributed by atoms with E-state index in [0.29, 0.717) is 32.2 Å². The van der Waals surface area contributed by atoms with Crippen molar-refractivity contribution in [2.45, 2.75) is 20.8 Å². The van der Waals surface area contributed by atoms with E-state index in [2.05, 4.69) is 10.3 Å². The van der Waals surface area contributed by atoms with Crippen LogP contribution < -0.4 is 10.2 Å². The number of nitriles is 1. The molecule has 0 atom stereocenters. The largest absolute Gasteiger partial charge is 0.321 e. The van der Waals surface area contributed by atoms with Crippen LogP contribution in [-0.2, 0) is 9.59 Å². The number of nitrogens with zero attached hydrogens (tertiary/aromatic N) is 3. The molecule has 0 bridgehead atoms. The number of thiazole rings is 1. The predicted molar refractivity (Wildman–Crippen MR) is 130 cm³/mol. The van der Waals surface area contributed by atoms with Crippen LogP contribution in [-0.4, -0.2) is 16.8 Å². The third-order valence-electron chi connectivity index (χ3n) is 4.54. The Hall–Kier alpha value is -3.18. The molecule has 0 saturated heterocycles. The van der Waals surface area contributed by atoms with Crippen molar-refractivity contribution < 1.29 is 9.59 Å². The van der Waals surface area contributed by atoms with Gasteiger partial charge in [-0.1, -0.05) is 29.3 Å². The number of aryl methyl sites for hydroxylation is 2. The lowest BCUT2D eigenvalue weighted by molar-refractivity contribution is -0.116. The van der Waals surface area contributed by atoms with E-state index in [1.807, 2.05) is 38.1 Å². The molecule has 9 heteroatoms. The fourth-order valence-electron chi connectivity index (χ4n) is 2.86. The number of benzene rings is 2. The number of carbonyl (C=O) groups excluding carboxylic acids is 2. The molecule has 0 saturated carbocycles. The van der Waals surface area contributed by atoms with E-state index in [-0.39, 0.29) is 11.5 Å². The SMILES string of the molecule is CC(=O)N(c1ccc(C)c(C)c1)c1nc(/C=C(\C#N)C(=O)Nc2cc(Cl)cc(Cl)c2)cs1. The molecule has 0 spiro atoms. The molecular weight excluding hydrogens is 467 g/mol. The van der Waals surface area contributed by atoms with Gasteiger partial charge in [-0.15, -0.1) is 11.3 Å². The molecule has 0 aliphatic rings. The first-order valence-corrected chi connectivity index (χ1v) is 11.0. The van der Waals surface area contributed by atoms with Crippen LogP contribution in [0.15, 0.2) is 47.4 Å². The van der Waals surface area contributed by atoms with Gasteiger partial charge in [0.05, 0.1) is 11.4 Å². The number of hydrogen-bond donors (Lipinski definition) is 1. The van der Waals surface area contributed by atoms with Gasteiger partial charge in [0.1, 0.15) is 11.6 Å². The second-order valence-electron chi connectivity index (χ2n) is 6.96. The molecule has 1 N–H and O–H groups in total. The Morgan fingerprint density at radius 3 is 2.41 bits per heavy atom. The predicted octanol–water partition coefficient (Wildman–Crippen LogP) is 6.30. The van der Waals surface area contributed by atoms with Crippen molar-refractivity contribution in [3.63, 3.8) is 0 Å². The summed E-state index contributed by atoms with van der Waals surface area (Å²) in [6.07, 6.45) is 1.36. The molecular formula is C23H18Cl2N4O2S. The van der Waals surface area contributed by atoms with E-state index < -0.39 is 5.91 Å². The zero-order valence-corrected chi connectivity index (χ0v) is 19.8. The number of nitrogens with one attached hydrogen (secondary N) is 1. The number of amides is 2. The minimum Gasteiger partial charge on any atom is -0.321 e. The first kappa shape index (κ1) is 23.5. The zero-order chi connectivity index (χ0) is 23.4. The van der Waals surface area contributed by atoms with Crippen molar-refractivity contribution in [3.05, 3.63) is 74.2 Å². The van der Waals surface area contributed by atoms with Crippen LogP contribution in [0.5, 0.6) is 0 Å². The molecule has 2 aromatic carbocycles. The Morgan fingerprint density at radius 1 is 1.12 bits per heavy atom. The Kier molecular flexibility index (Phi) is 7.31. The number of hydrogen-bond acceptors (Lipinski definition) is 5. The van der Waals surface area contributed by atoms with E-state index in [1.165, 1.54) is 47.4 Å². The summed E-state index contributed by atoms with van der Waals surface area (Å²) in [5.41, 5.74) is 3.46. The molecule has 32 heavy (non-hydrogen) atoms. The van der Waals surface area contributed by atoms with E-state index >= 15 is 0 Å². The van der Waals surface area contributed by atoms with Crippen LogP contribution in [0.4, 0.5) is 16.5 Å². The molecule has 1 aromatic heterocycles. The smallest absolute Gasteiger partial charge is 0.266 e. The summed E-state index contributed by atoms with van der Waals surface area (Å²) in [5, 5.41) is 14.9. The number of aromatic nitrogens is 1. The molecule has 1 heterocycles. The molecule has 3 rings (SSSR count). The molecule has 2 amide bonds. The molecule has 3 aromatic rings. The quantitative estimate of drug-likeness (QED) is 0.340. The molecule has 6 nitrogen and oxygen atoms in total. The summed E-state index contributed by atoms with van der Waals surface area (Å²) < 4.78 is 0. The van der Waals surface area contributed by atoms with Crippen LogP contribution in [0.3, 0.4) is 0 Å². The van der Waals surface area contributed by atoms with Crippen LogP contribution in [0.25, 0.3) is 6.08 Å². The molecule has 0 fully saturated rings. The van der Waals surface area contributed by atoms with E-state index in [9.17, 15) is 14.9 Å². The van der Waals surface area contributed by atoms with Crippen molar-refractivity contribution in [2.24, 2.45) is 0 Å². The van der Waals surface area contributed by atoms with Gasteiger partial charge >= 0.3 is 0 Å². The van der Waals surface area contributed by atoms with Gasteiger partial charge in [0.15, 0.2) is 5.13 Å². The van der Waals surface area contributed by atoms with E-state index in [1.54, 1.807) is 5.38 Å². The second kappa shape index (κ2) is 9.96. The van der Waals surface area contributed by atoms with Gasteiger partial charge in [-0.25, -0.2) is 4.98 Å². The minimum atomic E-state index is -0.627. The number of halogens is 2. The van der Waals surface area contributed by atoms with Crippen molar-refractivity contribution in [2.75, 3.05) is 10.2 Å². The normalized spacial score (nSPS) is 11.1. The maximum Gasteiger partial charge on any atom is 0.266 e. The van der Waals surface area contributed by atoms with Gasteiger partial charge in [0.25, 0.3) is 5.91 Å². The first-order valence-electron chi connectivity index (χ1n) is 9.40. The summed E-state index contributed by atoms with van der Waals surface area (Å²) in [5.74, 6) is -0.827. The van der Waals surface area contributed by atoms with Gasteiger partial charge in [-0.05, 0) is 61.4 Å². The van der Waals surface area contributed by atoms with Crippen molar-refractivity contribution in [1.29, 1.82) is 5.26 Å². The topological polar surface area (TPSA) is 86.1 Å². The standard InChI is InChI=1S/C23H18Cl2N4O2S/c1-13-4-5-21(6-14(13)2)29(15(3)30)23-28-20(12-32-23)7-16(11-26)22(31)27-19-9-17(24)8-18(25)10-19/h4-10,12H,1-3H3,(H,27,31)/b16-7+. The first-order chi connectivity index (χ1) is 15.2. The Bertz CT molecular complexity index is 1260. The van der Waals surface area contributed by atoms with Gasteiger partial charge in [0.2, 0.25) is 5.91 Å². The van der Waals surface area contributed by atoms with Crippen molar-refractivity contribution in [1.82, 2.24) is 4.98 Å². The van der Waals surface area contributed by atoms with E-state index in [4.69, 9.17) is 23.2 Å². The molecule has 0 radical (unpaired) electrons. The maximum absolute atomic E-state index is 12.5. The van der Waals surface area contributed by atoms with Crippen LogP contribution in [0.2, 0.25) is 10.0 Å². The fraction of sp³-hybridized carbons (Fsp3) is 0.130. The summed E-state index contributed by atoms with van der Waals surface area (Å²) in [6, 6.07) is 12.2. The monoisotopic (exact) mass is 484 g/mol. The van der Waals surface area contributed by atoms with Gasteiger partial charge in [-0.3, -0.25) is 14.5 Å². The Balaban J connectivity index is 1.87. The molecule has 0 aliphatic carbocycles. The Morgan fingerprint density at radius 2 is 1.81 bits per heavy atom. The molecule has 0 aliphatic heterocycles. The third kappa shape index (κ3) is 5.54. The highest BCUT2D eigenvalue weighted by molar-refractivity contribution is 7.14. The highest BCUT2D eigenvalue weighted by Gasteiger charge is 2.19. The summed E-state index contributed by atoms with van der Waals surface area (Å²) >= 11 is 13.1. The van der Waals surface area contributed by atoms with Crippen molar-refractivity contribution >= 4 is 68.9 Å². The van der Waals surface area contributed by atoms with Crippen molar-refractivity contribution in [3.8, 4) is 6.07 Å².